The first-order chi connectivity index (χ1) is 11.0. The van der Waals surface area contributed by atoms with Gasteiger partial charge in [0, 0.05) is 35.1 Å². The highest BCUT2D eigenvalue weighted by atomic mass is 35.5. The number of allylic oxidation sites excluding steroid dienone is 1. The Balaban J connectivity index is 1.96. The summed E-state index contributed by atoms with van der Waals surface area (Å²) in [7, 11) is 0. The van der Waals surface area contributed by atoms with E-state index in [2.05, 4.69) is 15.3 Å². The molecule has 23 heavy (non-hydrogen) atoms. The molecule has 0 saturated heterocycles. The van der Waals surface area contributed by atoms with Crippen molar-refractivity contribution in [2.75, 3.05) is 0 Å². The number of hydrogen-bond acceptors (Lipinski definition) is 4. The van der Waals surface area contributed by atoms with Gasteiger partial charge in [0.25, 0.3) is 0 Å². The van der Waals surface area contributed by atoms with Crippen LogP contribution in [0.4, 0.5) is 4.39 Å². The molecule has 0 radical (unpaired) electrons. The summed E-state index contributed by atoms with van der Waals surface area (Å²) in [4.78, 5) is 18.8. The molecular formula is C16H14ClFN4O. The molecule has 1 aromatic heterocycles. The second-order valence-electron chi connectivity index (χ2n) is 4.79. The number of nitrogens with one attached hydrogen (secondary N) is 2. The number of carbonyl (C=O) groups is 1. The smallest absolute Gasteiger partial charge is 0.308 e. The van der Waals surface area contributed by atoms with E-state index in [1.54, 1.807) is 19.1 Å². The fourth-order valence-electron chi connectivity index (χ4n) is 1.74. The van der Waals surface area contributed by atoms with Crippen molar-refractivity contribution in [3.8, 4) is 0 Å². The molecule has 0 bridgehead atoms. The molecule has 2 N–H and O–H groups in total. The number of hydrogen-bond donors (Lipinski definition) is 2. The van der Waals surface area contributed by atoms with E-state index in [1.165, 1.54) is 18.5 Å². The third-order valence-electron chi connectivity index (χ3n) is 3.02. The van der Waals surface area contributed by atoms with Crippen LogP contribution in [-0.4, -0.2) is 21.6 Å². The monoisotopic (exact) mass is 332 g/mol. The van der Waals surface area contributed by atoms with E-state index in [1.807, 2.05) is 12.1 Å². The Hall–Kier alpha value is -2.60. The summed E-state index contributed by atoms with van der Waals surface area (Å²) in [5.41, 5.74) is 1.63. The summed E-state index contributed by atoms with van der Waals surface area (Å²) in [5, 5.41) is 11.2. The number of halogens is 2. The van der Waals surface area contributed by atoms with Crippen molar-refractivity contribution < 1.29 is 9.18 Å². The largest absolute Gasteiger partial charge is 0.348 e. The number of benzene rings is 1. The molecule has 0 aliphatic rings. The van der Waals surface area contributed by atoms with Gasteiger partial charge in [0.05, 0.1) is 5.71 Å². The van der Waals surface area contributed by atoms with Gasteiger partial charge in [0.15, 0.2) is 0 Å². The van der Waals surface area contributed by atoms with Gasteiger partial charge in [-0.05, 0) is 30.7 Å². The van der Waals surface area contributed by atoms with E-state index in [4.69, 9.17) is 17.0 Å². The number of amides is 1. The first kappa shape index (κ1) is 16.8. The lowest BCUT2D eigenvalue weighted by molar-refractivity contribution is -0.117. The van der Waals surface area contributed by atoms with Crippen molar-refractivity contribution in [1.82, 2.24) is 15.3 Å². The summed E-state index contributed by atoms with van der Waals surface area (Å²) in [6.45, 7) is 1.95. The maximum absolute atomic E-state index is 12.6. The van der Waals surface area contributed by atoms with Crippen molar-refractivity contribution >= 4 is 23.2 Å². The molecule has 2 rings (SSSR count). The standard InChI is InChI=1S/C16H14ClFN4O/c1-10(6-14(19)12-8-21-16(18)22-9-12)15(23)20-7-11-2-4-13(17)5-3-11/h2-6,8-9,19H,7H2,1H3,(H,20,23)/b10-6-,19-14?. The summed E-state index contributed by atoms with van der Waals surface area (Å²) in [6, 6.07) is 7.13. The van der Waals surface area contributed by atoms with Crippen LogP contribution in [0.1, 0.15) is 18.1 Å². The highest BCUT2D eigenvalue weighted by Gasteiger charge is 2.07. The Labute approximate surface area is 137 Å². The van der Waals surface area contributed by atoms with Gasteiger partial charge < -0.3 is 10.7 Å². The predicted molar refractivity (Wildman–Crippen MR) is 85.9 cm³/mol. The van der Waals surface area contributed by atoms with Crippen LogP contribution in [0.5, 0.6) is 0 Å². The van der Waals surface area contributed by atoms with Crippen molar-refractivity contribution in [3.63, 3.8) is 0 Å². The maximum Gasteiger partial charge on any atom is 0.308 e. The Bertz CT molecular complexity index is 742. The molecule has 118 valence electrons. The molecule has 1 aromatic carbocycles. The minimum atomic E-state index is -0.858. The molecule has 1 amide bonds. The molecule has 0 fully saturated rings. The van der Waals surface area contributed by atoms with Crippen molar-refractivity contribution in [3.05, 3.63) is 70.5 Å². The van der Waals surface area contributed by atoms with Crippen LogP contribution < -0.4 is 5.32 Å². The van der Waals surface area contributed by atoms with Crippen molar-refractivity contribution in [1.29, 1.82) is 5.41 Å². The first-order valence-electron chi connectivity index (χ1n) is 6.73. The van der Waals surface area contributed by atoms with Gasteiger partial charge in [-0.15, -0.1) is 0 Å². The third kappa shape index (κ3) is 4.96. The van der Waals surface area contributed by atoms with Gasteiger partial charge in [-0.2, -0.15) is 4.39 Å². The number of nitrogens with zero attached hydrogens (tertiary/aromatic N) is 2. The predicted octanol–water partition coefficient (Wildman–Crippen LogP) is 2.90. The first-order valence-corrected chi connectivity index (χ1v) is 7.11. The minimum Gasteiger partial charge on any atom is -0.348 e. The van der Waals surface area contributed by atoms with E-state index in [0.29, 0.717) is 22.7 Å². The topological polar surface area (TPSA) is 78.7 Å². The van der Waals surface area contributed by atoms with Gasteiger partial charge in [-0.3, -0.25) is 4.79 Å². The fraction of sp³-hybridized carbons (Fsp3) is 0.125. The maximum atomic E-state index is 12.6. The average Bonchev–Trinajstić information content (AvgIpc) is 2.54. The van der Waals surface area contributed by atoms with Gasteiger partial charge in [-0.25, -0.2) is 9.97 Å². The van der Waals surface area contributed by atoms with Crippen LogP contribution in [0.15, 0.2) is 48.3 Å². The van der Waals surface area contributed by atoms with Gasteiger partial charge in [-0.1, -0.05) is 23.7 Å². The van der Waals surface area contributed by atoms with Crippen LogP contribution in [0.2, 0.25) is 5.02 Å². The molecule has 0 aliphatic carbocycles. The average molecular weight is 333 g/mol. The second-order valence-corrected chi connectivity index (χ2v) is 5.23. The summed E-state index contributed by atoms with van der Waals surface area (Å²) < 4.78 is 12.6. The molecule has 0 unspecified atom stereocenters. The zero-order valence-corrected chi connectivity index (χ0v) is 13.1. The fourth-order valence-corrected chi connectivity index (χ4v) is 1.87. The zero-order valence-electron chi connectivity index (χ0n) is 12.3. The Morgan fingerprint density at radius 1 is 1.30 bits per heavy atom. The Kier molecular flexibility index (Phi) is 5.54. The Morgan fingerprint density at radius 3 is 2.52 bits per heavy atom. The van der Waals surface area contributed by atoms with Gasteiger partial charge >= 0.3 is 6.08 Å². The molecule has 0 atom stereocenters. The molecule has 0 aliphatic heterocycles. The van der Waals surface area contributed by atoms with Crippen LogP contribution in [0.3, 0.4) is 0 Å². The lowest BCUT2D eigenvalue weighted by atomic mass is 10.1. The third-order valence-corrected chi connectivity index (χ3v) is 3.27. The molecule has 0 saturated carbocycles. The molecule has 2 aromatic rings. The van der Waals surface area contributed by atoms with E-state index in [0.717, 1.165) is 5.56 Å². The lowest BCUT2D eigenvalue weighted by Crippen LogP contribution is -2.24. The molecule has 5 nitrogen and oxygen atoms in total. The van der Waals surface area contributed by atoms with Gasteiger partial charge in [0.2, 0.25) is 5.91 Å². The van der Waals surface area contributed by atoms with E-state index in [9.17, 15) is 9.18 Å². The second kappa shape index (κ2) is 7.60. The SMILES string of the molecule is C/C(=C/C(=N)c1cnc(F)nc1)C(=O)NCc1ccc(Cl)cc1. The minimum absolute atomic E-state index is 0.0316. The molecule has 1 heterocycles. The number of rotatable bonds is 5. The van der Waals surface area contributed by atoms with Crippen LogP contribution in [0, 0.1) is 11.5 Å². The summed E-state index contributed by atoms with van der Waals surface area (Å²) in [5.74, 6) is -0.298. The number of aromatic nitrogens is 2. The highest BCUT2D eigenvalue weighted by molar-refractivity contribution is 6.30. The van der Waals surface area contributed by atoms with E-state index < -0.39 is 6.08 Å². The normalized spacial score (nSPS) is 11.2. The molecular weight excluding hydrogens is 319 g/mol. The zero-order chi connectivity index (χ0) is 16.8. The Morgan fingerprint density at radius 2 is 1.91 bits per heavy atom. The molecule has 7 heteroatoms. The summed E-state index contributed by atoms with van der Waals surface area (Å²) >= 11 is 5.80. The summed E-state index contributed by atoms with van der Waals surface area (Å²) in [6.07, 6.45) is 2.91. The molecule has 0 spiro atoms. The van der Waals surface area contributed by atoms with E-state index >= 15 is 0 Å². The van der Waals surface area contributed by atoms with Crippen LogP contribution in [-0.2, 0) is 11.3 Å². The van der Waals surface area contributed by atoms with Crippen molar-refractivity contribution in [2.45, 2.75) is 13.5 Å². The van der Waals surface area contributed by atoms with E-state index in [-0.39, 0.29) is 11.6 Å². The lowest BCUT2D eigenvalue weighted by Gasteiger charge is -2.06. The van der Waals surface area contributed by atoms with Crippen LogP contribution >= 0.6 is 11.6 Å². The van der Waals surface area contributed by atoms with Crippen molar-refractivity contribution in [2.24, 2.45) is 0 Å². The quantitative estimate of drug-likeness (QED) is 0.502. The number of carbonyl (C=O) groups excluding carboxylic acids is 1. The van der Waals surface area contributed by atoms with Gasteiger partial charge in [0.1, 0.15) is 0 Å². The van der Waals surface area contributed by atoms with Crippen LogP contribution in [0.25, 0.3) is 0 Å². The highest BCUT2D eigenvalue weighted by Crippen LogP contribution is 2.09.